The van der Waals surface area contributed by atoms with Gasteiger partial charge in [-0.05, 0) is 38.1 Å². The molecule has 1 amide bonds. The number of hydrogen-bond donors (Lipinski definition) is 2. The summed E-state index contributed by atoms with van der Waals surface area (Å²) in [6, 6.07) is 13.3. The number of anilines is 1. The summed E-state index contributed by atoms with van der Waals surface area (Å²) in [5.74, 6) is -0.106. The van der Waals surface area contributed by atoms with Crippen molar-refractivity contribution in [3.63, 3.8) is 0 Å². The second-order valence-electron chi connectivity index (χ2n) is 6.37. The van der Waals surface area contributed by atoms with Crippen molar-refractivity contribution in [2.45, 2.75) is 18.4 Å². The van der Waals surface area contributed by atoms with Crippen molar-refractivity contribution < 1.29 is 4.79 Å². The van der Waals surface area contributed by atoms with E-state index in [9.17, 15) is 4.79 Å². The summed E-state index contributed by atoms with van der Waals surface area (Å²) in [6.45, 7) is 1.51. The van der Waals surface area contributed by atoms with Crippen LogP contribution in [-0.4, -0.2) is 30.2 Å². The standard InChI is InChI=1S/C19H17Cl2N3O/c20-13-10-14-16(12-4-2-1-3-5-12)24-19(6-8-22-9-7-19)18(25)23-17(14)15(21)11-13/h1-5,10-11,22H,6-9H2,(H,23,25). The molecule has 0 aromatic heterocycles. The van der Waals surface area contributed by atoms with Crippen LogP contribution in [0.2, 0.25) is 10.0 Å². The molecule has 1 saturated heterocycles. The van der Waals surface area contributed by atoms with Crippen molar-refractivity contribution in [3.8, 4) is 0 Å². The molecule has 2 N–H and O–H groups in total. The maximum absolute atomic E-state index is 13.0. The Morgan fingerprint density at radius 2 is 1.76 bits per heavy atom. The zero-order valence-corrected chi connectivity index (χ0v) is 15.0. The highest BCUT2D eigenvalue weighted by molar-refractivity contribution is 6.39. The predicted molar refractivity (Wildman–Crippen MR) is 102 cm³/mol. The number of aliphatic imine (C=N–C) groups is 1. The molecule has 2 aliphatic rings. The summed E-state index contributed by atoms with van der Waals surface area (Å²) in [4.78, 5) is 18.0. The van der Waals surface area contributed by atoms with Gasteiger partial charge in [-0.25, -0.2) is 0 Å². The molecule has 0 saturated carbocycles. The van der Waals surface area contributed by atoms with Crippen LogP contribution in [0.15, 0.2) is 47.5 Å². The lowest BCUT2D eigenvalue weighted by atomic mass is 9.87. The van der Waals surface area contributed by atoms with E-state index in [1.54, 1.807) is 6.07 Å². The van der Waals surface area contributed by atoms with E-state index in [4.69, 9.17) is 28.2 Å². The number of carbonyl (C=O) groups is 1. The predicted octanol–water partition coefficient (Wildman–Crippen LogP) is 3.91. The van der Waals surface area contributed by atoms with Crippen LogP contribution in [-0.2, 0) is 4.79 Å². The smallest absolute Gasteiger partial charge is 0.252 e. The molecule has 0 bridgehead atoms. The summed E-state index contributed by atoms with van der Waals surface area (Å²) in [5, 5.41) is 7.24. The minimum atomic E-state index is -0.786. The second kappa shape index (κ2) is 6.45. The molecule has 4 nitrogen and oxygen atoms in total. The first kappa shape index (κ1) is 16.6. The minimum Gasteiger partial charge on any atom is -0.322 e. The van der Waals surface area contributed by atoms with Crippen molar-refractivity contribution >= 4 is 40.5 Å². The van der Waals surface area contributed by atoms with Gasteiger partial charge in [0.05, 0.1) is 16.4 Å². The normalized spacial score (nSPS) is 19.0. The van der Waals surface area contributed by atoms with Crippen LogP contribution >= 0.6 is 23.2 Å². The third-order valence-corrected chi connectivity index (χ3v) is 5.29. The highest BCUT2D eigenvalue weighted by Crippen LogP contribution is 2.38. The van der Waals surface area contributed by atoms with Crippen molar-refractivity contribution in [1.82, 2.24) is 5.32 Å². The number of halogens is 2. The molecule has 1 spiro atoms. The van der Waals surface area contributed by atoms with Gasteiger partial charge in [0, 0.05) is 16.1 Å². The van der Waals surface area contributed by atoms with E-state index in [1.165, 1.54) is 0 Å². The van der Waals surface area contributed by atoms with E-state index in [-0.39, 0.29) is 5.91 Å². The topological polar surface area (TPSA) is 53.5 Å². The first-order valence-electron chi connectivity index (χ1n) is 8.26. The number of rotatable bonds is 1. The van der Waals surface area contributed by atoms with E-state index in [2.05, 4.69) is 10.6 Å². The number of nitrogens with zero attached hydrogens (tertiary/aromatic N) is 1. The lowest BCUT2D eigenvalue weighted by Crippen LogP contribution is -2.49. The number of fused-ring (bicyclic) bond motifs is 1. The Hall–Kier alpha value is -1.88. The summed E-state index contributed by atoms with van der Waals surface area (Å²) < 4.78 is 0. The first-order valence-corrected chi connectivity index (χ1v) is 9.01. The first-order chi connectivity index (χ1) is 12.1. The number of piperidine rings is 1. The van der Waals surface area contributed by atoms with Gasteiger partial charge in [0.25, 0.3) is 5.91 Å². The maximum Gasteiger partial charge on any atom is 0.252 e. The number of hydrogen-bond acceptors (Lipinski definition) is 3. The van der Waals surface area contributed by atoms with Crippen molar-refractivity contribution in [2.75, 3.05) is 18.4 Å². The van der Waals surface area contributed by atoms with Gasteiger partial charge in [0.1, 0.15) is 5.54 Å². The molecule has 2 aromatic rings. The van der Waals surface area contributed by atoms with Gasteiger partial charge in [0.15, 0.2) is 0 Å². The van der Waals surface area contributed by atoms with Crippen LogP contribution in [0.1, 0.15) is 24.0 Å². The molecule has 0 unspecified atom stereocenters. The van der Waals surface area contributed by atoms with Gasteiger partial charge in [-0.15, -0.1) is 0 Å². The van der Waals surface area contributed by atoms with Gasteiger partial charge in [-0.1, -0.05) is 53.5 Å². The van der Waals surface area contributed by atoms with E-state index < -0.39 is 5.54 Å². The number of nitrogens with one attached hydrogen (secondary N) is 2. The fourth-order valence-corrected chi connectivity index (χ4v) is 3.98. The lowest BCUT2D eigenvalue weighted by Gasteiger charge is -2.32. The highest BCUT2D eigenvalue weighted by Gasteiger charge is 2.42. The molecule has 6 heteroatoms. The summed E-state index contributed by atoms with van der Waals surface area (Å²) in [5.41, 5.74) is 2.24. The highest BCUT2D eigenvalue weighted by atomic mass is 35.5. The van der Waals surface area contributed by atoms with Gasteiger partial charge in [-0.2, -0.15) is 0 Å². The van der Waals surface area contributed by atoms with Gasteiger partial charge >= 0.3 is 0 Å². The Morgan fingerprint density at radius 1 is 1.04 bits per heavy atom. The molecule has 1 fully saturated rings. The molecule has 0 radical (unpaired) electrons. The Labute approximate surface area is 156 Å². The van der Waals surface area contributed by atoms with E-state index >= 15 is 0 Å². The average Bonchev–Trinajstić information content (AvgIpc) is 2.73. The Kier molecular flexibility index (Phi) is 4.28. The van der Waals surface area contributed by atoms with Crippen LogP contribution < -0.4 is 10.6 Å². The van der Waals surface area contributed by atoms with Gasteiger partial charge in [0.2, 0.25) is 0 Å². The third-order valence-electron chi connectivity index (χ3n) is 4.78. The van der Waals surface area contributed by atoms with Crippen molar-refractivity contribution in [1.29, 1.82) is 0 Å². The largest absolute Gasteiger partial charge is 0.322 e. The average molecular weight is 374 g/mol. The number of carbonyl (C=O) groups excluding carboxylic acids is 1. The Bertz CT molecular complexity index is 858. The van der Waals surface area contributed by atoms with E-state index in [0.29, 0.717) is 28.6 Å². The fourth-order valence-electron chi connectivity index (χ4n) is 3.44. The van der Waals surface area contributed by atoms with Crippen molar-refractivity contribution in [2.24, 2.45) is 4.99 Å². The number of amides is 1. The monoisotopic (exact) mass is 373 g/mol. The summed E-state index contributed by atoms with van der Waals surface area (Å²) >= 11 is 12.6. The van der Waals surface area contributed by atoms with E-state index in [0.717, 1.165) is 29.9 Å². The molecular formula is C19H17Cl2N3O. The quantitative estimate of drug-likeness (QED) is 0.796. The van der Waals surface area contributed by atoms with Crippen molar-refractivity contribution in [3.05, 3.63) is 63.6 Å². The molecule has 2 heterocycles. The SMILES string of the molecule is O=C1Nc2c(Cl)cc(Cl)cc2C(c2ccccc2)=NC12CCNCC2. The summed E-state index contributed by atoms with van der Waals surface area (Å²) in [7, 11) is 0. The minimum absolute atomic E-state index is 0.106. The Morgan fingerprint density at radius 3 is 2.48 bits per heavy atom. The van der Waals surface area contributed by atoms with Crippen LogP contribution in [0.5, 0.6) is 0 Å². The lowest BCUT2D eigenvalue weighted by molar-refractivity contribution is -0.121. The second-order valence-corrected chi connectivity index (χ2v) is 7.22. The van der Waals surface area contributed by atoms with Crippen LogP contribution in [0.25, 0.3) is 0 Å². The fraction of sp³-hybridized carbons (Fsp3) is 0.263. The molecule has 4 rings (SSSR count). The zero-order chi connectivity index (χ0) is 17.4. The molecule has 25 heavy (non-hydrogen) atoms. The Balaban J connectivity index is 1.98. The molecular weight excluding hydrogens is 357 g/mol. The molecule has 128 valence electrons. The molecule has 2 aromatic carbocycles. The van der Waals surface area contributed by atoms with Gasteiger partial charge in [-0.3, -0.25) is 9.79 Å². The molecule has 0 atom stereocenters. The van der Waals surface area contributed by atoms with Crippen LogP contribution in [0.3, 0.4) is 0 Å². The van der Waals surface area contributed by atoms with Gasteiger partial charge < -0.3 is 10.6 Å². The third kappa shape index (κ3) is 2.95. The zero-order valence-electron chi connectivity index (χ0n) is 13.5. The molecule has 0 aliphatic carbocycles. The molecule has 2 aliphatic heterocycles. The van der Waals surface area contributed by atoms with Crippen LogP contribution in [0.4, 0.5) is 5.69 Å². The summed E-state index contributed by atoms with van der Waals surface area (Å²) in [6.07, 6.45) is 1.29. The maximum atomic E-state index is 13.0. The van der Waals surface area contributed by atoms with Crippen LogP contribution in [0, 0.1) is 0 Å². The number of benzene rings is 2. The van der Waals surface area contributed by atoms with E-state index in [1.807, 2.05) is 36.4 Å².